The van der Waals surface area contributed by atoms with Gasteiger partial charge in [0.15, 0.2) is 9.51 Å². The van der Waals surface area contributed by atoms with E-state index < -0.39 is 4.92 Å². The van der Waals surface area contributed by atoms with E-state index in [1.807, 2.05) is 19.9 Å². The van der Waals surface area contributed by atoms with E-state index >= 15 is 0 Å². The van der Waals surface area contributed by atoms with Gasteiger partial charge in [-0.25, -0.2) is 4.99 Å². The molecule has 8 nitrogen and oxygen atoms in total. The maximum absolute atomic E-state index is 12.4. The Morgan fingerprint density at radius 2 is 2.06 bits per heavy atom. The Kier molecular flexibility index (Phi) is 6.60. The standard InChI is InChI=1S/C20H14ClN5O3S3/c1-10-13(21)4-3-5-14(10)22-19-23-18(27)17(31-19)9-12-6-7-16(15(8-12)26(28)29)32-20-25-24-11(2)30-20/h3-9H,1-2H3,(H,22,23,27)/b17-9-. The summed E-state index contributed by atoms with van der Waals surface area (Å²) in [5.41, 5.74) is 1.94. The van der Waals surface area contributed by atoms with E-state index in [2.05, 4.69) is 20.5 Å². The second-order valence-corrected chi connectivity index (χ2v) is 10.4. The van der Waals surface area contributed by atoms with Gasteiger partial charge in [0.05, 0.1) is 20.4 Å². The van der Waals surface area contributed by atoms with Crippen molar-refractivity contribution in [3.05, 3.63) is 72.6 Å². The summed E-state index contributed by atoms with van der Waals surface area (Å²) in [6, 6.07) is 10.2. The van der Waals surface area contributed by atoms with Crippen LogP contribution >= 0.6 is 46.5 Å². The van der Waals surface area contributed by atoms with Crippen molar-refractivity contribution in [2.24, 2.45) is 4.99 Å². The molecule has 3 aromatic rings. The van der Waals surface area contributed by atoms with Gasteiger partial charge in [0.25, 0.3) is 11.6 Å². The lowest BCUT2D eigenvalue weighted by atomic mass is 10.2. The molecule has 0 atom stereocenters. The molecule has 32 heavy (non-hydrogen) atoms. The first-order valence-corrected chi connectivity index (χ1v) is 11.9. The third kappa shape index (κ3) is 5.01. The number of amidine groups is 1. The summed E-state index contributed by atoms with van der Waals surface area (Å²) in [6.45, 7) is 3.67. The number of aromatic nitrogens is 2. The summed E-state index contributed by atoms with van der Waals surface area (Å²) >= 11 is 9.85. The molecule has 0 spiro atoms. The Hall–Kier alpha value is -2.73. The number of halogens is 1. The quantitative estimate of drug-likeness (QED) is 0.267. The number of amides is 1. The van der Waals surface area contributed by atoms with E-state index in [1.165, 1.54) is 29.2 Å². The summed E-state index contributed by atoms with van der Waals surface area (Å²) in [5, 5.41) is 24.0. The van der Waals surface area contributed by atoms with Crippen molar-refractivity contribution < 1.29 is 9.72 Å². The molecule has 1 N–H and O–H groups in total. The molecule has 12 heteroatoms. The smallest absolute Gasteiger partial charge is 0.283 e. The zero-order valence-corrected chi connectivity index (χ0v) is 19.9. The fourth-order valence-corrected chi connectivity index (χ4v) is 5.59. The number of nitrogens with one attached hydrogen (secondary N) is 1. The minimum absolute atomic E-state index is 0.0657. The molecule has 2 heterocycles. The molecule has 1 aliphatic heterocycles. The molecule has 1 aliphatic rings. The molecule has 1 saturated heterocycles. The summed E-state index contributed by atoms with van der Waals surface area (Å²) in [7, 11) is 0. The lowest BCUT2D eigenvalue weighted by molar-refractivity contribution is -0.387. The number of aryl methyl sites for hydroxylation is 1. The van der Waals surface area contributed by atoms with Gasteiger partial charge in [0.2, 0.25) is 0 Å². The largest absolute Gasteiger partial charge is 0.300 e. The van der Waals surface area contributed by atoms with Gasteiger partial charge in [0, 0.05) is 11.1 Å². The average Bonchev–Trinajstić information content (AvgIpc) is 3.31. The number of rotatable bonds is 5. The normalized spacial score (nSPS) is 16.0. The van der Waals surface area contributed by atoms with Crippen LogP contribution in [0.5, 0.6) is 0 Å². The van der Waals surface area contributed by atoms with Crippen LogP contribution in [0.2, 0.25) is 5.02 Å². The molecular weight excluding hydrogens is 490 g/mol. The van der Waals surface area contributed by atoms with Crippen LogP contribution in [0.1, 0.15) is 16.1 Å². The van der Waals surface area contributed by atoms with Crippen molar-refractivity contribution in [1.29, 1.82) is 0 Å². The maximum Gasteiger partial charge on any atom is 0.283 e. The highest BCUT2D eigenvalue weighted by Crippen LogP contribution is 2.38. The second kappa shape index (κ2) is 9.41. The average molecular weight is 504 g/mol. The molecule has 0 unspecified atom stereocenters. The lowest BCUT2D eigenvalue weighted by Gasteiger charge is -2.03. The third-order valence-corrected chi connectivity index (χ3v) is 7.57. The number of thioether (sulfide) groups is 1. The Labute approximate surface area is 200 Å². The van der Waals surface area contributed by atoms with E-state index in [9.17, 15) is 14.9 Å². The van der Waals surface area contributed by atoms with Gasteiger partial charge >= 0.3 is 0 Å². The Morgan fingerprint density at radius 3 is 2.78 bits per heavy atom. The molecule has 0 saturated carbocycles. The highest BCUT2D eigenvalue weighted by Gasteiger charge is 2.25. The SMILES string of the molecule is Cc1nnc(Sc2ccc(/C=C3\SC(=Nc4cccc(Cl)c4C)NC3=O)cc2[N+](=O)[O-])s1. The Bertz CT molecular complexity index is 1310. The van der Waals surface area contributed by atoms with E-state index in [1.54, 1.807) is 30.3 Å². The Balaban J connectivity index is 1.59. The molecule has 0 bridgehead atoms. The van der Waals surface area contributed by atoms with E-state index in [0.29, 0.717) is 35.6 Å². The van der Waals surface area contributed by atoms with Gasteiger partial charge in [-0.3, -0.25) is 14.9 Å². The van der Waals surface area contributed by atoms with Crippen LogP contribution in [0.3, 0.4) is 0 Å². The number of hydrogen-bond acceptors (Lipinski definition) is 9. The number of nitro benzene ring substituents is 1. The highest BCUT2D eigenvalue weighted by atomic mass is 35.5. The van der Waals surface area contributed by atoms with Gasteiger partial charge in [-0.1, -0.05) is 46.8 Å². The maximum atomic E-state index is 12.4. The van der Waals surface area contributed by atoms with Crippen molar-refractivity contribution in [3.63, 3.8) is 0 Å². The molecule has 4 rings (SSSR count). The van der Waals surface area contributed by atoms with Crippen molar-refractivity contribution in [2.45, 2.75) is 23.1 Å². The van der Waals surface area contributed by atoms with Crippen molar-refractivity contribution in [3.8, 4) is 0 Å². The minimum Gasteiger partial charge on any atom is -0.300 e. The highest BCUT2D eigenvalue weighted by molar-refractivity contribution is 8.18. The van der Waals surface area contributed by atoms with Crippen LogP contribution in [0.4, 0.5) is 11.4 Å². The van der Waals surface area contributed by atoms with Crippen molar-refractivity contribution in [1.82, 2.24) is 15.5 Å². The zero-order valence-electron chi connectivity index (χ0n) is 16.7. The number of hydrogen-bond donors (Lipinski definition) is 1. The first-order valence-electron chi connectivity index (χ1n) is 9.11. The number of aliphatic imine (C=N–C) groups is 1. The van der Waals surface area contributed by atoms with Gasteiger partial charge in [-0.2, -0.15) is 0 Å². The van der Waals surface area contributed by atoms with Crippen LogP contribution < -0.4 is 5.32 Å². The molecule has 162 valence electrons. The number of benzene rings is 2. The van der Waals surface area contributed by atoms with Gasteiger partial charge in [-0.05, 0) is 61.0 Å². The zero-order chi connectivity index (χ0) is 22.8. The molecular formula is C20H14ClN5O3S3. The van der Waals surface area contributed by atoms with E-state index in [0.717, 1.165) is 22.3 Å². The predicted molar refractivity (Wildman–Crippen MR) is 129 cm³/mol. The minimum atomic E-state index is -0.450. The number of carbonyl (C=O) groups excluding carboxylic acids is 1. The van der Waals surface area contributed by atoms with Crippen LogP contribution in [0.15, 0.2) is 55.5 Å². The second-order valence-electron chi connectivity index (χ2n) is 6.54. The molecule has 2 aromatic carbocycles. The number of carbonyl (C=O) groups is 1. The monoisotopic (exact) mass is 503 g/mol. The Morgan fingerprint density at radius 1 is 1.25 bits per heavy atom. The van der Waals surface area contributed by atoms with Gasteiger partial charge in [0.1, 0.15) is 5.01 Å². The summed E-state index contributed by atoms with van der Waals surface area (Å²) < 4.78 is 0.625. The molecule has 1 amide bonds. The molecule has 0 aliphatic carbocycles. The predicted octanol–water partition coefficient (Wildman–Crippen LogP) is 5.76. The van der Waals surface area contributed by atoms with Crippen LogP contribution in [0, 0.1) is 24.0 Å². The van der Waals surface area contributed by atoms with Crippen LogP contribution in [-0.4, -0.2) is 26.2 Å². The fraction of sp³-hybridized carbons (Fsp3) is 0.100. The topological polar surface area (TPSA) is 110 Å². The number of nitrogens with zero attached hydrogens (tertiary/aromatic N) is 4. The third-order valence-electron chi connectivity index (χ3n) is 4.29. The summed E-state index contributed by atoms with van der Waals surface area (Å²) in [5.74, 6) is -0.320. The first kappa shape index (κ1) is 22.5. The van der Waals surface area contributed by atoms with E-state index in [4.69, 9.17) is 11.6 Å². The molecule has 1 aromatic heterocycles. The molecule has 0 radical (unpaired) electrons. The molecule has 1 fully saturated rings. The van der Waals surface area contributed by atoms with E-state index in [-0.39, 0.29) is 11.6 Å². The van der Waals surface area contributed by atoms with Crippen molar-refractivity contribution >= 4 is 75.0 Å². The summed E-state index contributed by atoms with van der Waals surface area (Å²) in [4.78, 5) is 28.9. The van der Waals surface area contributed by atoms with Crippen molar-refractivity contribution in [2.75, 3.05) is 0 Å². The number of nitro groups is 1. The van der Waals surface area contributed by atoms with Gasteiger partial charge in [-0.15, -0.1) is 10.2 Å². The summed E-state index contributed by atoms with van der Waals surface area (Å²) in [6.07, 6.45) is 1.60. The van der Waals surface area contributed by atoms with Gasteiger partial charge < -0.3 is 5.32 Å². The van der Waals surface area contributed by atoms with Crippen LogP contribution in [0.25, 0.3) is 6.08 Å². The van der Waals surface area contributed by atoms with Crippen LogP contribution in [-0.2, 0) is 4.79 Å². The first-order chi connectivity index (χ1) is 15.3. The fourth-order valence-electron chi connectivity index (χ4n) is 2.73. The lowest BCUT2D eigenvalue weighted by Crippen LogP contribution is -2.19.